The van der Waals surface area contributed by atoms with Gasteiger partial charge in [0.15, 0.2) is 0 Å². The number of nitrogens with two attached hydrogens (primary N) is 2. The predicted molar refractivity (Wildman–Crippen MR) is 76.1 cm³/mol. The Kier molecular flexibility index (Phi) is 2.74. The Morgan fingerprint density at radius 1 is 1.37 bits per heavy atom. The summed E-state index contributed by atoms with van der Waals surface area (Å²) in [5, 5.41) is 0. The molecule has 19 heavy (non-hydrogen) atoms. The molecule has 0 saturated heterocycles. The maximum Gasteiger partial charge on any atom is 0.252 e. The summed E-state index contributed by atoms with van der Waals surface area (Å²) in [6.07, 6.45) is 0.876. The van der Waals surface area contributed by atoms with Gasteiger partial charge in [-0.1, -0.05) is 15.9 Å². The molecule has 1 aromatic carbocycles. The van der Waals surface area contributed by atoms with Gasteiger partial charge in [0.25, 0.3) is 5.91 Å². The zero-order chi connectivity index (χ0) is 13.6. The summed E-state index contributed by atoms with van der Waals surface area (Å²) in [4.78, 5) is 14.2. The Labute approximate surface area is 118 Å². The Hall–Kier alpha value is -1.95. The number of hydrogen-bond acceptors (Lipinski definition) is 3. The third kappa shape index (κ3) is 1.98. The van der Waals surface area contributed by atoms with Crippen molar-refractivity contribution in [2.24, 2.45) is 5.73 Å². The van der Waals surface area contributed by atoms with E-state index < -0.39 is 5.91 Å². The Bertz CT molecular complexity index is 679. The van der Waals surface area contributed by atoms with E-state index in [0.29, 0.717) is 12.2 Å². The number of aromatic amines is 1. The Morgan fingerprint density at radius 3 is 2.84 bits per heavy atom. The maximum atomic E-state index is 11.2. The molecule has 0 saturated carbocycles. The van der Waals surface area contributed by atoms with E-state index in [1.165, 1.54) is 0 Å². The van der Waals surface area contributed by atoms with Crippen LogP contribution in [0.15, 0.2) is 22.7 Å². The van der Waals surface area contributed by atoms with Crippen molar-refractivity contribution in [3.63, 3.8) is 0 Å². The van der Waals surface area contributed by atoms with Gasteiger partial charge < -0.3 is 21.2 Å². The van der Waals surface area contributed by atoms with Crippen molar-refractivity contribution in [1.82, 2.24) is 4.98 Å². The lowest BCUT2D eigenvalue weighted by molar-refractivity contribution is 0.100. The Balaban J connectivity index is 2.17. The van der Waals surface area contributed by atoms with Crippen molar-refractivity contribution < 1.29 is 9.53 Å². The number of carbonyl (C=O) groups excluding carboxylic acids is 1. The van der Waals surface area contributed by atoms with Crippen LogP contribution in [-0.2, 0) is 6.42 Å². The quantitative estimate of drug-likeness (QED) is 0.790. The van der Waals surface area contributed by atoms with E-state index in [1.807, 2.05) is 12.1 Å². The van der Waals surface area contributed by atoms with Gasteiger partial charge in [-0.2, -0.15) is 0 Å². The van der Waals surface area contributed by atoms with Crippen LogP contribution in [0.3, 0.4) is 0 Å². The molecule has 6 heteroatoms. The van der Waals surface area contributed by atoms with E-state index in [1.54, 1.807) is 6.07 Å². The summed E-state index contributed by atoms with van der Waals surface area (Å²) < 4.78 is 6.61. The van der Waals surface area contributed by atoms with Crippen LogP contribution in [0.5, 0.6) is 5.75 Å². The van der Waals surface area contributed by atoms with Crippen LogP contribution in [-0.4, -0.2) is 17.5 Å². The lowest BCUT2D eigenvalue weighted by atomic mass is 10.1. The van der Waals surface area contributed by atoms with E-state index in [0.717, 1.165) is 33.5 Å². The molecule has 0 bridgehead atoms. The first-order valence-electron chi connectivity index (χ1n) is 5.80. The number of aromatic nitrogens is 1. The molecular weight excluding hydrogens is 310 g/mol. The lowest BCUT2D eigenvalue weighted by Gasteiger charge is -2.07. The van der Waals surface area contributed by atoms with Gasteiger partial charge in [0.1, 0.15) is 11.6 Å². The van der Waals surface area contributed by atoms with Crippen molar-refractivity contribution in [2.45, 2.75) is 6.42 Å². The van der Waals surface area contributed by atoms with Gasteiger partial charge >= 0.3 is 0 Å². The van der Waals surface area contributed by atoms with Crippen molar-refractivity contribution in [3.05, 3.63) is 33.8 Å². The zero-order valence-electron chi connectivity index (χ0n) is 10.00. The number of amides is 1. The summed E-state index contributed by atoms with van der Waals surface area (Å²) in [6.45, 7) is 0.664. The molecule has 0 aliphatic carbocycles. The number of primary amides is 1. The van der Waals surface area contributed by atoms with E-state index in [-0.39, 0.29) is 5.82 Å². The van der Waals surface area contributed by atoms with Crippen LogP contribution in [0.4, 0.5) is 5.82 Å². The first kappa shape index (κ1) is 12.1. The topological polar surface area (TPSA) is 94.1 Å². The highest BCUT2D eigenvalue weighted by Gasteiger charge is 2.21. The number of ether oxygens (including phenoxy) is 1. The van der Waals surface area contributed by atoms with Gasteiger partial charge in [-0.25, -0.2) is 0 Å². The number of rotatable bonds is 2. The monoisotopic (exact) mass is 321 g/mol. The number of hydrogen-bond donors (Lipinski definition) is 3. The highest BCUT2D eigenvalue weighted by atomic mass is 79.9. The normalized spacial score (nSPS) is 13.1. The molecule has 2 heterocycles. The first-order valence-corrected chi connectivity index (χ1v) is 6.59. The molecule has 5 nitrogen and oxygen atoms in total. The minimum Gasteiger partial charge on any atom is -0.492 e. The van der Waals surface area contributed by atoms with Crippen LogP contribution < -0.4 is 16.2 Å². The van der Waals surface area contributed by atoms with Crippen molar-refractivity contribution in [3.8, 4) is 17.0 Å². The van der Waals surface area contributed by atoms with Crippen LogP contribution >= 0.6 is 15.9 Å². The molecule has 0 spiro atoms. The van der Waals surface area contributed by atoms with Crippen molar-refractivity contribution >= 4 is 27.7 Å². The van der Waals surface area contributed by atoms with Gasteiger partial charge in [0, 0.05) is 16.5 Å². The largest absolute Gasteiger partial charge is 0.492 e. The Morgan fingerprint density at radius 2 is 2.16 bits per heavy atom. The van der Waals surface area contributed by atoms with Gasteiger partial charge in [-0.3, -0.25) is 4.79 Å². The number of fused-ring (bicyclic) bond motifs is 1. The first-order chi connectivity index (χ1) is 9.06. The molecule has 2 aromatic rings. The smallest absolute Gasteiger partial charge is 0.252 e. The average molecular weight is 322 g/mol. The number of nitrogens with one attached hydrogen (secondary N) is 1. The van der Waals surface area contributed by atoms with Crippen LogP contribution in [0.2, 0.25) is 0 Å². The summed E-state index contributed by atoms with van der Waals surface area (Å²) in [6, 6.07) is 5.62. The zero-order valence-corrected chi connectivity index (χ0v) is 11.6. The fraction of sp³-hybridized carbons (Fsp3) is 0.154. The molecule has 1 aliphatic heterocycles. The number of nitrogen functional groups attached to an aromatic ring is 1. The van der Waals surface area contributed by atoms with Crippen LogP contribution in [0, 0.1) is 0 Å². The molecule has 3 rings (SSSR count). The summed E-state index contributed by atoms with van der Waals surface area (Å²) >= 11 is 3.47. The predicted octanol–water partition coefficient (Wildman–Crippen LogP) is 2.06. The van der Waals surface area contributed by atoms with E-state index in [9.17, 15) is 4.79 Å². The second-order valence-electron chi connectivity index (χ2n) is 4.41. The number of benzene rings is 1. The van der Waals surface area contributed by atoms with E-state index >= 15 is 0 Å². The molecular formula is C13H12BrN3O2. The molecule has 98 valence electrons. The number of anilines is 1. The van der Waals surface area contributed by atoms with Gasteiger partial charge in [-0.15, -0.1) is 0 Å². The van der Waals surface area contributed by atoms with Crippen LogP contribution in [0.25, 0.3) is 11.3 Å². The highest BCUT2D eigenvalue weighted by molar-refractivity contribution is 9.10. The minimum atomic E-state index is -0.549. The SMILES string of the molecule is NC(=O)c1cc(-c2cc(Br)cc3c2OCC3)[nH]c1N. The minimum absolute atomic E-state index is 0.272. The molecule has 0 radical (unpaired) electrons. The van der Waals surface area contributed by atoms with Gasteiger partial charge in [0.2, 0.25) is 0 Å². The molecule has 5 N–H and O–H groups in total. The summed E-state index contributed by atoms with van der Waals surface area (Å²) in [5.74, 6) is 0.558. The third-order valence-corrected chi connectivity index (χ3v) is 3.61. The molecule has 1 aliphatic rings. The molecule has 1 amide bonds. The molecule has 0 unspecified atom stereocenters. The van der Waals surface area contributed by atoms with Gasteiger partial charge in [0.05, 0.1) is 17.9 Å². The molecule has 0 atom stereocenters. The molecule has 1 aromatic heterocycles. The second kappa shape index (κ2) is 4.31. The van der Waals surface area contributed by atoms with Crippen molar-refractivity contribution in [1.29, 1.82) is 0 Å². The lowest BCUT2D eigenvalue weighted by Crippen LogP contribution is -2.11. The number of carbonyl (C=O) groups is 1. The fourth-order valence-corrected chi connectivity index (χ4v) is 2.79. The molecule has 0 fully saturated rings. The maximum absolute atomic E-state index is 11.2. The van der Waals surface area contributed by atoms with Gasteiger partial charge in [-0.05, 0) is 23.8 Å². The van der Waals surface area contributed by atoms with E-state index in [2.05, 4.69) is 20.9 Å². The standard InChI is InChI=1S/C13H12BrN3O2/c14-7-3-6-1-2-19-11(6)8(4-7)10-5-9(13(16)18)12(15)17-10/h3-5,17H,1-2,15H2,(H2,16,18). The average Bonchev–Trinajstić information content (AvgIpc) is 2.93. The van der Waals surface area contributed by atoms with Crippen LogP contribution in [0.1, 0.15) is 15.9 Å². The number of halogens is 1. The number of H-pyrrole nitrogens is 1. The summed E-state index contributed by atoms with van der Waals surface area (Å²) in [7, 11) is 0. The highest BCUT2D eigenvalue weighted by Crippen LogP contribution is 2.39. The summed E-state index contributed by atoms with van der Waals surface area (Å²) in [5.41, 5.74) is 14.1. The second-order valence-corrected chi connectivity index (χ2v) is 5.33. The third-order valence-electron chi connectivity index (χ3n) is 3.15. The van der Waals surface area contributed by atoms with E-state index in [4.69, 9.17) is 16.2 Å². The fourth-order valence-electron chi connectivity index (χ4n) is 2.29. The van der Waals surface area contributed by atoms with Crippen molar-refractivity contribution in [2.75, 3.05) is 12.3 Å².